The highest BCUT2D eigenvalue weighted by atomic mass is 19.2. The SMILES string of the molecule is CC(=O)N(CCC(=O)N1CCCc2ccccc21)c1ccc(F)c(F)c1F. The van der Waals surface area contributed by atoms with Crippen LogP contribution in [0.25, 0.3) is 0 Å². The van der Waals surface area contributed by atoms with Gasteiger partial charge in [0.25, 0.3) is 0 Å². The third-order valence-corrected chi connectivity index (χ3v) is 4.65. The number of aryl methyl sites for hydroxylation is 1. The second-order valence-electron chi connectivity index (χ2n) is 6.39. The Kier molecular flexibility index (Phi) is 5.48. The lowest BCUT2D eigenvalue weighted by atomic mass is 10.0. The van der Waals surface area contributed by atoms with Crippen LogP contribution in [0.2, 0.25) is 0 Å². The Morgan fingerprint density at radius 3 is 2.56 bits per heavy atom. The van der Waals surface area contributed by atoms with E-state index in [4.69, 9.17) is 0 Å². The molecule has 0 spiro atoms. The summed E-state index contributed by atoms with van der Waals surface area (Å²) in [5, 5.41) is 0. The maximum atomic E-state index is 14.0. The molecule has 0 radical (unpaired) electrons. The van der Waals surface area contributed by atoms with Crippen LogP contribution in [0.5, 0.6) is 0 Å². The second-order valence-corrected chi connectivity index (χ2v) is 6.39. The lowest BCUT2D eigenvalue weighted by Gasteiger charge is -2.30. The van der Waals surface area contributed by atoms with Gasteiger partial charge in [-0.05, 0) is 36.6 Å². The van der Waals surface area contributed by atoms with Crippen molar-refractivity contribution in [3.63, 3.8) is 0 Å². The van der Waals surface area contributed by atoms with Gasteiger partial charge in [0, 0.05) is 32.1 Å². The highest BCUT2D eigenvalue weighted by Crippen LogP contribution is 2.28. The zero-order valence-electron chi connectivity index (χ0n) is 14.8. The lowest BCUT2D eigenvalue weighted by Crippen LogP contribution is -2.39. The molecule has 1 aliphatic rings. The quantitative estimate of drug-likeness (QED) is 0.761. The second kappa shape index (κ2) is 7.82. The molecule has 2 aromatic rings. The fourth-order valence-electron chi connectivity index (χ4n) is 3.31. The summed E-state index contributed by atoms with van der Waals surface area (Å²) in [7, 11) is 0. The Labute approximate surface area is 155 Å². The van der Waals surface area contributed by atoms with E-state index in [2.05, 4.69) is 0 Å². The summed E-state index contributed by atoms with van der Waals surface area (Å²) in [5.74, 6) is -5.19. The number of hydrogen-bond acceptors (Lipinski definition) is 2. The number of fused-ring (bicyclic) bond motifs is 1. The highest BCUT2D eigenvalue weighted by molar-refractivity contribution is 5.97. The average Bonchev–Trinajstić information content (AvgIpc) is 2.67. The number of amides is 2. The summed E-state index contributed by atoms with van der Waals surface area (Å²) in [5.41, 5.74) is 1.53. The summed E-state index contributed by atoms with van der Waals surface area (Å²) in [4.78, 5) is 27.2. The van der Waals surface area contributed by atoms with Gasteiger partial charge < -0.3 is 9.80 Å². The van der Waals surface area contributed by atoms with Crippen LogP contribution in [-0.2, 0) is 16.0 Å². The standard InChI is InChI=1S/C20H19F3N2O2/c1-13(26)24(17-9-8-15(21)19(22)20(17)23)12-10-18(27)25-11-4-6-14-5-2-3-7-16(14)25/h2-3,5,7-9H,4,6,10-12H2,1H3. The average molecular weight is 376 g/mol. The monoisotopic (exact) mass is 376 g/mol. The van der Waals surface area contributed by atoms with Crippen molar-refractivity contribution in [2.75, 3.05) is 22.9 Å². The molecule has 142 valence electrons. The molecule has 7 heteroatoms. The molecule has 0 fully saturated rings. The number of rotatable bonds is 4. The van der Waals surface area contributed by atoms with Gasteiger partial charge in [0.05, 0.1) is 5.69 Å². The first-order valence-corrected chi connectivity index (χ1v) is 8.70. The minimum Gasteiger partial charge on any atom is -0.312 e. The predicted molar refractivity (Wildman–Crippen MR) is 96.1 cm³/mol. The van der Waals surface area contributed by atoms with E-state index in [1.165, 1.54) is 6.92 Å². The molecule has 27 heavy (non-hydrogen) atoms. The normalized spacial score (nSPS) is 13.3. The molecule has 0 aromatic heterocycles. The number of hydrogen-bond donors (Lipinski definition) is 0. The Bertz CT molecular complexity index is 886. The lowest BCUT2D eigenvalue weighted by molar-refractivity contribution is -0.118. The van der Waals surface area contributed by atoms with Crippen molar-refractivity contribution in [2.24, 2.45) is 0 Å². The van der Waals surface area contributed by atoms with Crippen molar-refractivity contribution >= 4 is 23.2 Å². The summed E-state index contributed by atoms with van der Waals surface area (Å²) in [6.07, 6.45) is 1.66. The number of nitrogens with zero attached hydrogens (tertiary/aromatic N) is 2. The molecule has 4 nitrogen and oxygen atoms in total. The fourth-order valence-corrected chi connectivity index (χ4v) is 3.31. The Hall–Kier alpha value is -2.83. The molecule has 2 amide bonds. The van der Waals surface area contributed by atoms with E-state index < -0.39 is 23.4 Å². The number of para-hydroxylation sites is 1. The van der Waals surface area contributed by atoms with Crippen molar-refractivity contribution in [1.82, 2.24) is 0 Å². The molecule has 0 bridgehead atoms. The van der Waals surface area contributed by atoms with E-state index in [0.29, 0.717) is 6.54 Å². The first-order valence-electron chi connectivity index (χ1n) is 8.70. The van der Waals surface area contributed by atoms with Crippen LogP contribution in [0.3, 0.4) is 0 Å². The first kappa shape index (κ1) is 18.9. The number of halogens is 3. The van der Waals surface area contributed by atoms with E-state index >= 15 is 0 Å². The van der Waals surface area contributed by atoms with Crippen molar-refractivity contribution in [3.8, 4) is 0 Å². The van der Waals surface area contributed by atoms with E-state index in [1.54, 1.807) is 4.90 Å². The maximum Gasteiger partial charge on any atom is 0.228 e. The van der Waals surface area contributed by atoms with Crippen molar-refractivity contribution < 1.29 is 22.8 Å². The summed E-state index contributed by atoms with van der Waals surface area (Å²) in [6, 6.07) is 9.35. The third kappa shape index (κ3) is 3.82. The van der Waals surface area contributed by atoms with E-state index in [9.17, 15) is 22.8 Å². The van der Waals surface area contributed by atoms with Crippen molar-refractivity contribution in [2.45, 2.75) is 26.2 Å². The first-order chi connectivity index (χ1) is 12.9. The van der Waals surface area contributed by atoms with Crippen LogP contribution in [0.1, 0.15) is 25.3 Å². The minimum absolute atomic E-state index is 0.0631. The van der Waals surface area contributed by atoms with Crippen LogP contribution in [0, 0.1) is 17.5 Å². The fraction of sp³-hybridized carbons (Fsp3) is 0.300. The van der Waals surface area contributed by atoms with Gasteiger partial charge in [-0.2, -0.15) is 0 Å². The zero-order chi connectivity index (χ0) is 19.6. The number of benzene rings is 2. The Morgan fingerprint density at radius 1 is 1.07 bits per heavy atom. The van der Waals surface area contributed by atoms with Gasteiger partial charge in [0.2, 0.25) is 11.8 Å². The molecule has 0 aliphatic carbocycles. The topological polar surface area (TPSA) is 40.6 Å². The molecule has 0 atom stereocenters. The molecule has 1 aliphatic heterocycles. The Morgan fingerprint density at radius 2 is 1.81 bits per heavy atom. The summed E-state index contributed by atoms with van der Waals surface area (Å²) >= 11 is 0. The molecule has 0 saturated heterocycles. The van der Waals surface area contributed by atoms with Gasteiger partial charge in [0.1, 0.15) is 0 Å². The Balaban J connectivity index is 1.77. The van der Waals surface area contributed by atoms with Crippen LogP contribution in [0.15, 0.2) is 36.4 Å². The van der Waals surface area contributed by atoms with Gasteiger partial charge in [-0.25, -0.2) is 13.2 Å². The minimum atomic E-state index is -1.64. The predicted octanol–water partition coefficient (Wildman–Crippen LogP) is 3.83. The molecule has 1 heterocycles. The van der Waals surface area contributed by atoms with Crippen LogP contribution < -0.4 is 9.80 Å². The third-order valence-electron chi connectivity index (χ3n) is 4.65. The largest absolute Gasteiger partial charge is 0.312 e. The van der Waals surface area contributed by atoms with Crippen LogP contribution in [-0.4, -0.2) is 24.9 Å². The number of carbonyl (C=O) groups is 2. The molecule has 3 rings (SSSR count). The van der Waals surface area contributed by atoms with Gasteiger partial charge in [-0.1, -0.05) is 18.2 Å². The smallest absolute Gasteiger partial charge is 0.228 e. The maximum absolute atomic E-state index is 14.0. The molecule has 2 aromatic carbocycles. The molecular formula is C20H19F3N2O2. The van der Waals surface area contributed by atoms with Gasteiger partial charge >= 0.3 is 0 Å². The van der Waals surface area contributed by atoms with Gasteiger partial charge in [-0.15, -0.1) is 0 Å². The van der Waals surface area contributed by atoms with Gasteiger partial charge in [0.15, 0.2) is 17.5 Å². The van der Waals surface area contributed by atoms with E-state index in [1.807, 2.05) is 24.3 Å². The molecule has 0 N–H and O–H groups in total. The van der Waals surface area contributed by atoms with Crippen molar-refractivity contribution in [1.29, 1.82) is 0 Å². The zero-order valence-corrected chi connectivity index (χ0v) is 14.8. The summed E-state index contributed by atoms with van der Waals surface area (Å²) in [6.45, 7) is 1.62. The highest BCUT2D eigenvalue weighted by Gasteiger charge is 2.25. The van der Waals surface area contributed by atoms with E-state index in [-0.39, 0.29) is 24.6 Å². The number of carbonyl (C=O) groups excluding carboxylic acids is 2. The van der Waals surface area contributed by atoms with Crippen LogP contribution >= 0.6 is 0 Å². The molecular weight excluding hydrogens is 357 g/mol. The van der Waals surface area contributed by atoms with Crippen LogP contribution in [0.4, 0.5) is 24.5 Å². The number of anilines is 2. The van der Waals surface area contributed by atoms with Gasteiger partial charge in [-0.3, -0.25) is 9.59 Å². The summed E-state index contributed by atoms with van der Waals surface area (Å²) < 4.78 is 40.7. The molecule has 0 saturated carbocycles. The molecule has 0 unspecified atom stereocenters. The van der Waals surface area contributed by atoms with E-state index in [0.717, 1.165) is 41.1 Å². The van der Waals surface area contributed by atoms with Crippen molar-refractivity contribution in [3.05, 3.63) is 59.4 Å².